The molecule has 3 aromatic rings. The molecule has 1 aromatic carbocycles. The number of para-hydroxylation sites is 1. The number of aromatic amines is 1. The maximum Gasteiger partial charge on any atom is 0.247 e. The molecule has 148 valence electrons. The molecule has 1 unspecified atom stereocenters. The van der Waals surface area contributed by atoms with Gasteiger partial charge in [-0.25, -0.2) is 4.68 Å². The van der Waals surface area contributed by atoms with Crippen molar-refractivity contribution >= 4 is 16.8 Å². The lowest BCUT2D eigenvalue weighted by atomic mass is 10.0. The molecule has 0 spiro atoms. The highest BCUT2D eigenvalue weighted by atomic mass is 16.3. The number of nitrogens with one attached hydrogen (secondary N) is 2. The predicted octanol–water partition coefficient (Wildman–Crippen LogP) is -0.0329. The topological polar surface area (TPSA) is 125 Å². The lowest BCUT2D eigenvalue weighted by Gasteiger charge is -2.30. The van der Waals surface area contributed by atoms with Gasteiger partial charge in [-0.05, 0) is 11.6 Å². The average Bonchev–Trinajstić information content (AvgIpc) is 3.39. The van der Waals surface area contributed by atoms with Crippen LogP contribution in [0.2, 0.25) is 0 Å². The summed E-state index contributed by atoms with van der Waals surface area (Å²) in [6, 6.07) is 6.88. The van der Waals surface area contributed by atoms with Crippen molar-refractivity contribution < 1.29 is 9.90 Å². The van der Waals surface area contributed by atoms with Gasteiger partial charge in [-0.15, -0.1) is 5.10 Å². The number of amides is 1. The molecule has 4 rings (SSSR count). The fourth-order valence-corrected chi connectivity index (χ4v) is 3.60. The molecule has 28 heavy (non-hydrogen) atoms. The fourth-order valence-electron chi connectivity index (χ4n) is 3.60. The number of hydrogen-bond donors (Lipinski definition) is 4. The number of fused-ring (bicyclic) bond motifs is 1. The largest absolute Gasteiger partial charge is 0.394 e. The van der Waals surface area contributed by atoms with Crippen LogP contribution in [0, 0.1) is 0 Å². The van der Waals surface area contributed by atoms with Crippen LogP contribution in [0.1, 0.15) is 23.3 Å². The number of nitrogens with two attached hydrogens (primary N) is 1. The highest BCUT2D eigenvalue weighted by Gasteiger charge is 2.29. The summed E-state index contributed by atoms with van der Waals surface area (Å²) in [6.45, 7) is 2.67. The predicted molar refractivity (Wildman–Crippen MR) is 105 cm³/mol. The SMILES string of the molecule is NC(CO)c1cn([C@@H](Cc2c[nH]c3ccccc23)C(=O)N2CCNCC2)nn1. The molecule has 9 heteroatoms. The first-order chi connectivity index (χ1) is 13.7. The monoisotopic (exact) mass is 383 g/mol. The van der Waals surface area contributed by atoms with Crippen LogP contribution in [-0.2, 0) is 11.2 Å². The van der Waals surface area contributed by atoms with Crippen molar-refractivity contribution in [1.82, 2.24) is 30.2 Å². The maximum absolute atomic E-state index is 13.3. The smallest absolute Gasteiger partial charge is 0.247 e. The van der Waals surface area contributed by atoms with Crippen molar-refractivity contribution in [2.45, 2.75) is 18.5 Å². The van der Waals surface area contributed by atoms with Gasteiger partial charge in [-0.2, -0.15) is 0 Å². The van der Waals surface area contributed by atoms with Crippen LogP contribution in [0.25, 0.3) is 10.9 Å². The van der Waals surface area contributed by atoms with Crippen molar-refractivity contribution in [1.29, 1.82) is 0 Å². The Labute approximate surface area is 162 Å². The summed E-state index contributed by atoms with van der Waals surface area (Å²) in [6.07, 6.45) is 4.10. The van der Waals surface area contributed by atoms with Crippen molar-refractivity contribution in [3.05, 3.63) is 47.9 Å². The highest BCUT2D eigenvalue weighted by molar-refractivity contribution is 5.85. The number of aliphatic hydroxyl groups excluding tert-OH is 1. The molecule has 0 radical (unpaired) electrons. The quantitative estimate of drug-likeness (QED) is 0.474. The van der Waals surface area contributed by atoms with Gasteiger partial charge < -0.3 is 26.0 Å². The minimum Gasteiger partial charge on any atom is -0.394 e. The Morgan fingerprint density at radius 1 is 1.29 bits per heavy atom. The summed E-state index contributed by atoms with van der Waals surface area (Å²) >= 11 is 0. The van der Waals surface area contributed by atoms with E-state index < -0.39 is 12.1 Å². The van der Waals surface area contributed by atoms with Crippen molar-refractivity contribution in [3.63, 3.8) is 0 Å². The molecule has 0 aliphatic carbocycles. The average molecular weight is 383 g/mol. The Morgan fingerprint density at radius 2 is 2.07 bits per heavy atom. The molecule has 9 nitrogen and oxygen atoms in total. The summed E-state index contributed by atoms with van der Waals surface area (Å²) in [7, 11) is 0. The Balaban J connectivity index is 1.66. The minimum atomic E-state index is -0.614. The second kappa shape index (κ2) is 8.09. The molecular weight excluding hydrogens is 358 g/mol. The van der Waals surface area contributed by atoms with E-state index in [2.05, 4.69) is 20.6 Å². The molecule has 1 fully saturated rings. The third-order valence-electron chi connectivity index (χ3n) is 5.23. The first-order valence-electron chi connectivity index (χ1n) is 9.50. The molecule has 1 saturated heterocycles. The van der Waals surface area contributed by atoms with Gasteiger partial charge in [-0.1, -0.05) is 23.4 Å². The number of rotatable bonds is 6. The van der Waals surface area contributed by atoms with Gasteiger partial charge in [0, 0.05) is 49.7 Å². The molecular formula is C19H25N7O2. The number of hydrogen-bond acceptors (Lipinski definition) is 6. The van der Waals surface area contributed by atoms with Crippen LogP contribution in [0.3, 0.4) is 0 Å². The Kier molecular flexibility index (Phi) is 5.38. The summed E-state index contributed by atoms with van der Waals surface area (Å²) in [4.78, 5) is 18.5. The maximum atomic E-state index is 13.3. The van der Waals surface area contributed by atoms with Crippen LogP contribution in [0.5, 0.6) is 0 Å². The lowest BCUT2D eigenvalue weighted by Crippen LogP contribution is -2.49. The third-order valence-corrected chi connectivity index (χ3v) is 5.23. The van der Waals surface area contributed by atoms with E-state index in [0.717, 1.165) is 29.6 Å². The molecule has 1 amide bonds. The van der Waals surface area contributed by atoms with Crippen LogP contribution >= 0.6 is 0 Å². The van der Waals surface area contributed by atoms with E-state index in [1.165, 1.54) is 0 Å². The molecule has 2 aromatic heterocycles. The number of benzene rings is 1. The number of carbonyl (C=O) groups is 1. The van der Waals surface area contributed by atoms with Gasteiger partial charge in [0.2, 0.25) is 5.91 Å². The zero-order valence-corrected chi connectivity index (χ0v) is 15.6. The van der Waals surface area contributed by atoms with Gasteiger partial charge >= 0.3 is 0 Å². The molecule has 2 atom stereocenters. The van der Waals surface area contributed by atoms with Crippen molar-refractivity contribution in [2.75, 3.05) is 32.8 Å². The number of carbonyl (C=O) groups excluding carboxylic acids is 1. The van der Waals surface area contributed by atoms with E-state index >= 15 is 0 Å². The van der Waals surface area contributed by atoms with Gasteiger partial charge in [0.1, 0.15) is 11.7 Å². The Hall–Kier alpha value is -2.75. The molecule has 0 saturated carbocycles. The second-order valence-electron chi connectivity index (χ2n) is 7.07. The third kappa shape index (κ3) is 3.64. The van der Waals surface area contributed by atoms with Crippen LogP contribution < -0.4 is 11.1 Å². The Morgan fingerprint density at radius 3 is 2.86 bits per heavy atom. The fraction of sp³-hybridized carbons (Fsp3) is 0.421. The van der Waals surface area contributed by atoms with E-state index in [-0.39, 0.29) is 12.5 Å². The molecule has 1 aliphatic rings. The van der Waals surface area contributed by atoms with Gasteiger partial charge in [0.05, 0.1) is 18.8 Å². The van der Waals surface area contributed by atoms with Crippen LogP contribution in [0.4, 0.5) is 0 Å². The van der Waals surface area contributed by atoms with E-state index in [1.807, 2.05) is 35.4 Å². The van der Waals surface area contributed by atoms with Crippen LogP contribution in [-0.4, -0.2) is 68.7 Å². The molecule has 5 N–H and O–H groups in total. The first-order valence-corrected chi connectivity index (χ1v) is 9.50. The lowest BCUT2D eigenvalue weighted by molar-refractivity contribution is -0.135. The van der Waals surface area contributed by atoms with Crippen molar-refractivity contribution in [2.24, 2.45) is 5.73 Å². The summed E-state index contributed by atoms with van der Waals surface area (Å²) in [5.41, 5.74) is 8.42. The Bertz CT molecular complexity index is 945. The van der Waals surface area contributed by atoms with E-state index in [1.54, 1.807) is 10.9 Å². The second-order valence-corrected chi connectivity index (χ2v) is 7.07. The van der Waals surface area contributed by atoms with E-state index in [4.69, 9.17) is 5.73 Å². The first kappa shape index (κ1) is 18.6. The number of nitrogens with zero attached hydrogens (tertiary/aromatic N) is 4. The summed E-state index contributed by atoms with van der Waals surface area (Å²) < 4.78 is 1.58. The van der Waals surface area contributed by atoms with E-state index in [0.29, 0.717) is 25.2 Å². The molecule has 3 heterocycles. The van der Waals surface area contributed by atoms with Crippen molar-refractivity contribution in [3.8, 4) is 0 Å². The van der Waals surface area contributed by atoms with Gasteiger partial charge in [0.15, 0.2) is 0 Å². The normalized spacial score (nSPS) is 17.0. The van der Waals surface area contributed by atoms with Gasteiger partial charge in [-0.3, -0.25) is 4.79 Å². The number of aromatic nitrogens is 4. The number of aliphatic hydroxyl groups is 1. The minimum absolute atomic E-state index is 0.0146. The zero-order valence-electron chi connectivity index (χ0n) is 15.6. The summed E-state index contributed by atoms with van der Waals surface area (Å²) in [5.74, 6) is 0.0146. The van der Waals surface area contributed by atoms with Crippen LogP contribution in [0.15, 0.2) is 36.7 Å². The number of piperazine rings is 1. The number of H-pyrrole nitrogens is 1. The van der Waals surface area contributed by atoms with E-state index in [9.17, 15) is 9.90 Å². The highest BCUT2D eigenvalue weighted by Crippen LogP contribution is 2.24. The van der Waals surface area contributed by atoms with Gasteiger partial charge in [0.25, 0.3) is 0 Å². The molecule has 0 bridgehead atoms. The summed E-state index contributed by atoms with van der Waals surface area (Å²) in [5, 5.41) is 21.9. The molecule has 1 aliphatic heterocycles. The standard InChI is InChI=1S/C19H25N7O2/c20-15(12-27)17-11-26(24-23-17)18(19(28)25-7-5-21-6-8-25)9-13-10-22-16-4-2-1-3-14(13)16/h1-4,10-11,15,18,21-22,27H,5-9,12,20H2/t15?,18-/m0/s1. The zero-order chi connectivity index (χ0) is 19.5.